The molecule has 7 heteroatoms. The highest BCUT2D eigenvalue weighted by atomic mass is 31.2. The Morgan fingerprint density at radius 2 is 1.53 bits per heavy atom. The molecule has 96 valence electrons. The summed E-state index contributed by atoms with van der Waals surface area (Å²) < 4.78 is 22.8. The molecule has 0 heterocycles. The zero-order chi connectivity index (χ0) is 13.1. The van der Waals surface area contributed by atoms with Crippen LogP contribution in [0, 0.1) is 0 Å². The highest BCUT2D eigenvalue weighted by Gasteiger charge is 2.29. The summed E-state index contributed by atoms with van der Waals surface area (Å²) in [5, 5.41) is 16.5. The van der Waals surface area contributed by atoms with Gasteiger partial charge in [0.25, 0.3) is 0 Å². The summed E-state index contributed by atoms with van der Waals surface area (Å²) in [6.45, 7) is 6.13. The van der Waals surface area contributed by atoms with Crippen molar-refractivity contribution in [3.8, 4) is 5.75 Å². The van der Waals surface area contributed by atoms with E-state index in [1.54, 1.807) is 12.1 Å². The molecular weight excluding hydrogens is 247 g/mol. The van der Waals surface area contributed by atoms with Crippen LogP contribution in [0.4, 0.5) is 0 Å². The quantitative estimate of drug-likeness (QED) is 0.491. The molecule has 0 aromatic heterocycles. The molecule has 0 atom stereocenters. The normalized spacial score (nSPS) is 12.5. The van der Waals surface area contributed by atoms with E-state index >= 15 is 0 Å². The molecule has 0 radical (unpaired) electrons. The van der Waals surface area contributed by atoms with E-state index in [4.69, 9.17) is 10.5 Å². The fraction of sp³-hybridized carbons (Fsp3) is 0.400. The van der Waals surface area contributed by atoms with Gasteiger partial charge in [-0.05, 0) is 23.1 Å². The van der Waals surface area contributed by atoms with Gasteiger partial charge < -0.3 is 4.52 Å². The van der Waals surface area contributed by atoms with Crippen molar-refractivity contribution in [3.63, 3.8) is 0 Å². The molecule has 0 amide bonds. The second-order valence-electron chi connectivity index (χ2n) is 4.48. The first kappa shape index (κ1) is 14.2. The fourth-order valence-electron chi connectivity index (χ4n) is 1.19. The molecule has 0 saturated carbocycles. The van der Waals surface area contributed by atoms with Gasteiger partial charge in [-0.25, -0.2) is 15.1 Å². The molecular formula is C10H15O6P. The van der Waals surface area contributed by atoms with Gasteiger partial charge in [0.15, 0.2) is 0 Å². The maximum Gasteiger partial charge on any atom is 0.585 e. The average Bonchev–Trinajstić information content (AvgIpc) is 2.28. The van der Waals surface area contributed by atoms with E-state index in [9.17, 15) is 4.57 Å². The van der Waals surface area contributed by atoms with E-state index in [1.165, 1.54) is 12.1 Å². The van der Waals surface area contributed by atoms with Crippen LogP contribution in [0.1, 0.15) is 26.3 Å². The van der Waals surface area contributed by atoms with Crippen molar-refractivity contribution < 1.29 is 29.0 Å². The van der Waals surface area contributed by atoms with Crippen LogP contribution in [0.3, 0.4) is 0 Å². The lowest BCUT2D eigenvalue weighted by atomic mass is 9.87. The number of hydrogen-bond donors (Lipinski definition) is 2. The Morgan fingerprint density at radius 3 is 1.88 bits per heavy atom. The fourth-order valence-corrected chi connectivity index (χ4v) is 1.67. The van der Waals surface area contributed by atoms with Gasteiger partial charge in [-0.3, -0.25) is 0 Å². The Kier molecular flexibility index (Phi) is 4.30. The van der Waals surface area contributed by atoms with Crippen LogP contribution in [0.25, 0.3) is 0 Å². The molecule has 0 aliphatic rings. The predicted molar refractivity (Wildman–Crippen MR) is 60.8 cm³/mol. The van der Waals surface area contributed by atoms with E-state index < -0.39 is 7.82 Å². The standard InChI is InChI=1S/C10H15O6P/c1-10(2,3)8-4-6-9(7-5-8)14-17(13,15-11)16-12/h4-7,11-12H,1-3H3. The molecule has 0 fully saturated rings. The molecule has 0 saturated heterocycles. The smallest absolute Gasteiger partial charge is 0.401 e. The third-order valence-electron chi connectivity index (χ3n) is 2.14. The van der Waals surface area contributed by atoms with Crippen molar-refractivity contribution in [2.45, 2.75) is 26.2 Å². The molecule has 0 unspecified atom stereocenters. The van der Waals surface area contributed by atoms with Gasteiger partial charge in [-0.15, -0.1) is 9.35 Å². The first-order chi connectivity index (χ1) is 7.80. The SMILES string of the molecule is CC(C)(C)c1ccc(OP(=O)(OO)OO)cc1. The summed E-state index contributed by atoms with van der Waals surface area (Å²) in [4.78, 5) is 0. The number of phosphoric acid groups is 1. The summed E-state index contributed by atoms with van der Waals surface area (Å²) in [7, 11) is -4.35. The van der Waals surface area contributed by atoms with E-state index in [0.29, 0.717) is 0 Å². The molecule has 1 aromatic rings. The molecule has 0 aliphatic carbocycles. The molecule has 0 spiro atoms. The molecule has 0 bridgehead atoms. The molecule has 1 aromatic carbocycles. The van der Waals surface area contributed by atoms with Gasteiger partial charge >= 0.3 is 7.82 Å². The molecule has 1 rings (SSSR count). The highest BCUT2D eigenvalue weighted by Crippen LogP contribution is 2.47. The van der Waals surface area contributed by atoms with Crippen molar-refractivity contribution in [2.75, 3.05) is 0 Å². The lowest BCUT2D eigenvalue weighted by molar-refractivity contribution is -0.221. The first-order valence-corrected chi connectivity index (χ1v) is 6.33. The second-order valence-corrected chi connectivity index (χ2v) is 5.88. The Labute approximate surface area is 99.2 Å². The first-order valence-electron chi connectivity index (χ1n) is 4.87. The van der Waals surface area contributed by atoms with Gasteiger partial charge in [0.2, 0.25) is 0 Å². The average molecular weight is 262 g/mol. The maximum absolute atomic E-state index is 11.2. The molecule has 17 heavy (non-hydrogen) atoms. The number of hydrogen-bond acceptors (Lipinski definition) is 6. The minimum atomic E-state index is -4.35. The predicted octanol–water partition coefficient (Wildman–Crippen LogP) is 3.45. The summed E-state index contributed by atoms with van der Waals surface area (Å²) in [6.07, 6.45) is 0. The van der Waals surface area contributed by atoms with Crippen LogP contribution in [-0.2, 0) is 19.3 Å². The summed E-state index contributed by atoms with van der Waals surface area (Å²) >= 11 is 0. The van der Waals surface area contributed by atoms with Crippen molar-refractivity contribution in [3.05, 3.63) is 29.8 Å². The monoisotopic (exact) mass is 262 g/mol. The number of rotatable bonds is 4. The van der Waals surface area contributed by atoms with Gasteiger partial charge in [-0.1, -0.05) is 32.9 Å². The van der Waals surface area contributed by atoms with Crippen LogP contribution in [0.15, 0.2) is 24.3 Å². The van der Waals surface area contributed by atoms with Gasteiger partial charge in [0.1, 0.15) is 5.75 Å². The van der Waals surface area contributed by atoms with E-state index in [0.717, 1.165) is 5.56 Å². The minimum Gasteiger partial charge on any atom is -0.401 e. The van der Waals surface area contributed by atoms with Crippen molar-refractivity contribution in [1.82, 2.24) is 0 Å². The van der Waals surface area contributed by atoms with Crippen molar-refractivity contribution in [1.29, 1.82) is 0 Å². The Balaban J connectivity index is 2.86. The summed E-state index contributed by atoms with van der Waals surface area (Å²) in [5.41, 5.74) is 1.03. The minimum absolute atomic E-state index is 0.0246. The van der Waals surface area contributed by atoms with Crippen molar-refractivity contribution in [2.24, 2.45) is 0 Å². The Hall–Kier alpha value is -0.910. The number of benzene rings is 1. The maximum atomic E-state index is 11.2. The van der Waals surface area contributed by atoms with Crippen LogP contribution in [0.5, 0.6) is 5.75 Å². The van der Waals surface area contributed by atoms with Crippen LogP contribution in [0.2, 0.25) is 0 Å². The van der Waals surface area contributed by atoms with Crippen LogP contribution >= 0.6 is 7.82 Å². The molecule has 0 aliphatic heterocycles. The Bertz CT molecular complexity index is 400. The van der Waals surface area contributed by atoms with Crippen molar-refractivity contribution >= 4 is 7.82 Å². The largest absolute Gasteiger partial charge is 0.585 e. The lowest BCUT2D eigenvalue weighted by Crippen LogP contribution is -2.10. The zero-order valence-electron chi connectivity index (χ0n) is 9.78. The van der Waals surface area contributed by atoms with Gasteiger partial charge in [-0.2, -0.15) is 0 Å². The van der Waals surface area contributed by atoms with E-state index in [-0.39, 0.29) is 11.2 Å². The second kappa shape index (κ2) is 5.16. The Morgan fingerprint density at radius 1 is 1.06 bits per heavy atom. The third kappa shape index (κ3) is 3.80. The highest BCUT2D eigenvalue weighted by molar-refractivity contribution is 7.48. The van der Waals surface area contributed by atoms with E-state index in [2.05, 4.69) is 13.9 Å². The van der Waals surface area contributed by atoms with Crippen LogP contribution in [-0.4, -0.2) is 10.5 Å². The molecule has 6 nitrogen and oxygen atoms in total. The molecule has 2 N–H and O–H groups in total. The topological polar surface area (TPSA) is 85.2 Å². The summed E-state index contributed by atoms with van der Waals surface area (Å²) in [5.74, 6) is 0.143. The third-order valence-corrected chi connectivity index (χ3v) is 2.97. The van der Waals surface area contributed by atoms with Gasteiger partial charge in [0, 0.05) is 0 Å². The van der Waals surface area contributed by atoms with E-state index in [1.807, 2.05) is 20.8 Å². The van der Waals surface area contributed by atoms with Gasteiger partial charge in [0.05, 0.1) is 0 Å². The zero-order valence-corrected chi connectivity index (χ0v) is 10.7. The summed E-state index contributed by atoms with van der Waals surface area (Å²) in [6, 6.07) is 6.61. The van der Waals surface area contributed by atoms with Crippen LogP contribution < -0.4 is 4.52 Å². The lowest BCUT2D eigenvalue weighted by Gasteiger charge is -2.19.